The maximum absolute atomic E-state index is 14.1. The summed E-state index contributed by atoms with van der Waals surface area (Å²) in [5.41, 5.74) is -1.33. The molecule has 2 aromatic rings. The molecule has 272 valence electrons. The Kier molecular flexibility index (Phi) is 13.3. The van der Waals surface area contributed by atoms with Crippen molar-refractivity contribution in [1.29, 1.82) is 0 Å². The summed E-state index contributed by atoms with van der Waals surface area (Å²) in [5.74, 6) is -16.7. The Morgan fingerprint density at radius 1 is 1.04 bits per heavy atom. The summed E-state index contributed by atoms with van der Waals surface area (Å²) in [6.07, 6.45) is 1.99. The van der Waals surface area contributed by atoms with Gasteiger partial charge in [0.05, 0.1) is 5.54 Å². The summed E-state index contributed by atoms with van der Waals surface area (Å²) < 4.78 is 78.9. The summed E-state index contributed by atoms with van der Waals surface area (Å²) in [7, 11) is 3.47. The second-order valence-corrected chi connectivity index (χ2v) is 13.8. The maximum Gasteiger partial charge on any atom is 0.363 e. The number of benzene rings is 1. The van der Waals surface area contributed by atoms with Crippen molar-refractivity contribution in [2.45, 2.75) is 97.4 Å². The number of nitrogens with zero attached hydrogens (tertiary/aromatic N) is 3. The molecule has 1 aliphatic rings. The summed E-state index contributed by atoms with van der Waals surface area (Å²) in [5, 5.41) is 4.17. The van der Waals surface area contributed by atoms with E-state index in [1.165, 1.54) is 4.90 Å². The molecule has 0 unspecified atom stereocenters. The molecule has 1 aliphatic heterocycles. The van der Waals surface area contributed by atoms with E-state index in [1.54, 1.807) is 7.05 Å². The van der Waals surface area contributed by atoms with Gasteiger partial charge in [-0.3, -0.25) is 19.3 Å². The molecule has 1 aromatic carbocycles. The second-order valence-electron chi connectivity index (χ2n) is 12.9. The van der Waals surface area contributed by atoms with Gasteiger partial charge >= 0.3 is 11.9 Å². The quantitative estimate of drug-likeness (QED) is 0.0890. The van der Waals surface area contributed by atoms with Crippen LogP contribution in [-0.2, 0) is 19.1 Å². The van der Waals surface area contributed by atoms with Crippen molar-refractivity contribution in [2.24, 2.45) is 11.8 Å². The lowest BCUT2D eigenvalue weighted by molar-refractivity contribution is -0.149. The number of hydrogen-bond donors (Lipinski definition) is 1. The lowest BCUT2D eigenvalue weighted by Crippen LogP contribution is -2.62. The van der Waals surface area contributed by atoms with Crippen LogP contribution < -0.4 is 10.1 Å². The third kappa shape index (κ3) is 8.74. The lowest BCUT2D eigenvalue weighted by Gasteiger charge is -2.43. The number of aromatic nitrogens is 1. The van der Waals surface area contributed by atoms with E-state index in [9.17, 15) is 41.1 Å². The van der Waals surface area contributed by atoms with Crippen LogP contribution in [0.4, 0.5) is 22.0 Å². The highest BCUT2D eigenvalue weighted by atomic mass is 32.1. The van der Waals surface area contributed by atoms with Crippen molar-refractivity contribution in [3.8, 4) is 5.75 Å². The van der Waals surface area contributed by atoms with Crippen LogP contribution in [0.5, 0.6) is 5.75 Å². The molecular formula is C33H43F5N4O6S. The predicted octanol–water partition coefficient (Wildman–Crippen LogP) is 5.94. The highest BCUT2D eigenvalue weighted by Gasteiger charge is 2.43. The minimum Gasteiger partial charge on any atom is -0.455 e. The van der Waals surface area contributed by atoms with Crippen LogP contribution in [0, 0.1) is 40.9 Å². The smallest absolute Gasteiger partial charge is 0.363 e. The Bertz CT molecular complexity index is 1530. The van der Waals surface area contributed by atoms with E-state index in [-0.39, 0.29) is 35.1 Å². The zero-order valence-corrected chi connectivity index (χ0v) is 29.6. The molecule has 49 heavy (non-hydrogen) atoms. The number of rotatable bonds is 13. The van der Waals surface area contributed by atoms with Gasteiger partial charge in [0.15, 0.2) is 11.8 Å². The first kappa shape index (κ1) is 39.8. The number of amides is 2. The number of likely N-dealkylation sites (tertiary alicyclic amines) is 1. The van der Waals surface area contributed by atoms with Crippen LogP contribution >= 0.6 is 11.3 Å². The number of carbonyl (C=O) groups excluding carboxylic acids is 4. The highest BCUT2D eigenvalue weighted by molar-refractivity contribution is 7.09. The van der Waals surface area contributed by atoms with Crippen LogP contribution in [0.15, 0.2) is 5.38 Å². The first-order valence-corrected chi connectivity index (χ1v) is 16.9. The van der Waals surface area contributed by atoms with E-state index in [1.807, 2.05) is 46.6 Å². The van der Waals surface area contributed by atoms with Crippen LogP contribution in [0.25, 0.3) is 0 Å². The Balaban J connectivity index is 1.87. The Morgan fingerprint density at radius 2 is 1.63 bits per heavy atom. The fraction of sp³-hybridized carbons (Fsp3) is 0.606. The number of carbonyl (C=O) groups is 4. The van der Waals surface area contributed by atoms with Crippen molar-refractivity contribution < 1.29 is 50.6 Å². The largest absolute Gasteiger partial charge is 0.455 e. The van der Waals surface area contributed by atoms with Gasteiger partial charge in [-0.1, -0.05) is 34.1 Å². The van der Waals surface area contributed by atoms with Gasteiger partial charge in [0.1, 0.15) is 11.0 Å². The molecule has 2 heterocycles. The summed E-state index contributed by atoms with van der Waals surface area (Å²) in [6.45, 7) is 11.3. The van der Waals surface area contributed by atoms with Gasteiger partial charge in [0.2, 0.25) is 46.6 Å². The van der Waals surface area contributed by atoms with Gasteiger partial charge in [-0.25, -0.2) is 22.9 Å². The van der Waals surface area contributed by atoms with Crippen LogP contribution in [-0.4, -0.2) is 76.8 Å². The second kappa shape index (κ2) is 16.4. The van der Waals surface area contributed by atoms with Crippen molar-refractivity contribution in [1.82, 2.24) is 20.1 Å². The summed E-state index contributed by atoms with van der Waals surface area (Å²) in [6, 6.07) is -1.44. The molecular weight excluding hydrogens is 675 g/mol. The summed E-state index contributed by atoms with van der Waals surface area (Å²) in [4.78, 5) is 60.1. The number of piperidine rings is 1. The Labute approximate surface area is 286 Å². The van der Waals surface area contributed by atoms with Crippen molar-refractivity contribution in [2.75, 3.05) is 20.6 Å². The lowest BCUT2D eigenvalue weighted by atomic mass is 9.86. The normalized spacial score (nSPS) is 19.1. The van der Waals surface area contributed by atoms with Crippen molar-refractivity contribution in [3.05, 3.63) is 45.2 Å². The average Bonchev–Trinajstić information content (AvgIpc) is 3.56. The average molecular weight is 719 g/mol. The van der Waals surface area contributed by atoms with Crippen LogP contribution in [0.1, 0.15) is 95.2 Å². The molecule has 2 amide bonds. The number of thiazole rings is 1. The number of likely N-dealkylation sites (N-methyl/N-ethyl adjacent to an activating group) is 2. The molecule has 3 rings (SSSR count). The molecule has 0 radical (unpaired) electrons. The van der Waals surface area contributed by atoms with Gasteiger partial charge in [-0.2, -0.15) is 8.78 Å². The first-order valence-electron chi connectivity index (χ1n) is 16.0. The molecule has 16 heteroatoms. The first-order chi connectivity index (χ1) is 22.8. The molecule has 0 spiro atoms. The van der Waals surface area contributed by atoms with Crippen LogP contribution in [0.3, 0.4) is 0 Å². The molecule has 5 atom stereocenters. The number of halogens is 5. The Hall–Kier alpha value is -3.66. The number of nitrogens with one attached hydrogen (secondary N) is 1. The molecule has 0 aliphatic carbocycles. The van der Waals surface area contributed by atoms with Gasteiger partial charge < -0.3 is 19.7 Å². The minimum absolute atomic E-state index is 0.000748. The molecule has 1 saturated heterocycles. The topological polar surface area (TPSA) is 118 Å². The number of esters is 2. The van der Waals surface area contributed by atoms with Gasteiger partial charge in [0, 0.05) is 31.8 Å². The van der Waals surface area contributed by atoms with E-state index in [2.05, 4.69) is 15.0 Å². The number of hydrogen-bond acceptors (Lipinski definition) is 9. The monoisotopic (exact) mass is 718 g/mol. The van der Waals surface area contributed by atoms with Gasteiger partial charge in [0.25, 0.3) is 0 Å². The van der Waals surface area contributed by atoms with Gasteiger partial charge in [-0.15, -0.1) is 11.3 Å². The summed E-state index contributed by atoms with van der Waals surface area (Å²) >= 11 is 0.818. The molecule has 1 fully saturated rings. The van der Waals surface area contributed by atoms with E-state index in [0.717, 1.165) is 43.0 Å². The number of ether oxygens (including phenoxy) is 2. The van der Waals surface area contributed by atoms with Crippen molar-refractivity contribution in [3.63, 3.8) is 0 Å². The van der Waals surface area contributed by atoms with E-state index >= 15 is 0 Å². The standard InChI is InChI=1S/C33H43F5N4O6S/c1-9-17(4)27(40-32(46)33(6)12-10-11-13-41(33)7)30(44)42(8)20(16(2)3)14-21(47-18(5)43)29-39-19(15-49-29)31(45)48-28-25(37)23(35)22(34)24(36)26(28)38/h15-17,20-21,27H,9-14H2,1-8H3,(H,40,46)/t17-,20+,21+,27-,33-/m0/s1. The van der Waals surface area contributed by atoms with Crippen LogP contribution in [0.2, 0.25) is 0 Å². The third-order valence-electron chi connectivity index (χ3n) is 9.25. The van der Waals surface area contributed by atoms with E-state index < -0.39 is 76.2 Å². The minimum atomic E-state index is -2.41. The fourth-order valence-electron chi connectivity index (χ4n) is 5.75. The molecule has 0 bridgehead atoms. The molecule has 0 saturated carbocycles. The predicted molar refractivity (Wildman–Crippen MR) is 170 cm³/mol. The molecule has 1 aromatic heterocycles. The maximum atomic E-state index is 14.1. The molecule has 10 nitrogen and oxygen atoms in total. The van der Waals surface area contributed by atoms with E-state index in [4.69, 9.17) is 4.74 Å². The third-order valence-corrected chi connectivity index (χ3v) is 10.2. The molecule has 1 N–H and O–H groups in total. The van der Waals surface area contributed by atoms with Crippen molar-refractivity contribution >= 4 is 35.1 Å². The SMILES string of the molecule is CC[C@H](C)[C@H](NC(=O)[C@]1(C)CCCCN1C)C(=O)N(C)[C@H](C[C@@H](OC(C)=O)c1nc(C(=O)Oc2c(F)c(F)c(F)c(F)c2F)cs1)C(C)C. The zero-order chi connectivity index (χ0) is 37.0. The van der Waals surface area contributed by atoms with E-state index in [0.29, 0.717) is 12.8 Å². The van der Waals surface area contributed by atoms with Gasteiger partial charge in [-0.05, 0) is 51.6 Å². The zero-order valence-electron chi connectivity index (χ0n) is 28.8. The fourth-order valence-corrected chi connectivity index (χ4v) is 6.58. The Morgan fingerprint density at radius 3 is 2.16 bits per heavy atom. The highest BCUT2D eigenvalue weighted by Crippen LogP contribution is 2.33.